The molecule has 0 bridgehead atoms. The summed E-state index contributed by atoms with van der Waals surface area (Å²) in [5.41, 5.74) is 0.749. The van der Waals surface area contributed by atoms with Crippen molar-refractivity contribution < 1.29 is 14.6 Å². The maximum absolute atomic E-state index is 11.7. The Bertz CT molecular complexity index is 448. The Morgan fingerprint density at radius 3 is 2.78 bits per heavy atom. The van der Waals surface area contributed by atoms with Gasteiger partial charge in [-0.3, -0.25) is 4.79 Å². The standard InChI is InChI=1S/C12H13BrClNO3/c1-6-11(18-6)12(17)15-10(5-16)7-2-8(13)4-9(14)3-7/h2-4,6,10-11,16H,5H2,1H3,(H,15,17)/t6-,10+,11+/m0/s1. The number of benzene rings is 1. The van der Waals surface area contributed by atoms with Crippen LogP contribution in [0.1, 0.15) is 18.5 Å². The van der Waals surface area contributed by atoms with Crippen LogP contribution in [0.5, 0.6) is 0 Å². The first kappa shape index (κ1) is 13.8. The molecule has 3 atom stereocenters. The number of carbonyl (C=O) groups excluding carboxylic acids is 1. The minimum absolute atomic E-state index is 0.0459. The Kier molecular flexibility index (Phi) is 4.27. The molecule has 2 N–H and O–H groups in total. The molecule has 0 unspecified atom stereocenters. The molecular formula is C12H13BrClNO3. The van der Waals surface area contributed by atoms with Gasteiger partial charge < -0.3 is 15.2 Å². The summed E-state index contributed by atoms with van der Waals surface area (Å²) in [6.07, 6.45) is -0.447. The van der Waals surface area contributed by atoms with Crippen molar-refractivity contribution in [3.63, 3.8) is 0 Å². The zero-order chi connectivity index (χ0) is 13.3. The van der Waals surface area contributed by atoms with Gasteiger partial charge in [0.25, 0.3) is 5.91 Å². The van der Waals surface area contributed by atoms with Gasteiger partial charge >= 0.3 is 0 Å². The third kappa shape index (κ3) is 3.23. The number of rotatable bonds is 4. The van der Waals surface area contributed by atoms with Crippen LogP contribution in [0.3, 0.4) is 0 Å². The molecule has 0 aliphatic carbocycles. The van der Waals surface area contributed by atoms with Gasteiger partial charge in [0.2, 0.25) is 0 Å². The number of ether oxygens (including phenoxy) is 1. The Morgan fingerprint density at radius 1 is 1.61 bits per heavy atom. The van der Waals surface area contributed by atoms with Crippen LogP contribution in [0.4, 0.5) is 0 Å². The monoisotopic (exact) mass is 333 g/mol. The number of halogens is 2. The molecule has 98 valence electrons. The molecule has 1 heterocycles. The smallest absolute Gasteiger partial charge is 0.252 e. The average Bonchev–Trinajstić information content (AvgIpc) is 3.01. The first-order valence-electron chi connectivity index (χ1n) is 5.54. The van der Waals surface area contributed by atoms with E-state index in [-0.39, 0.29) is 18.6 Å². The van der Waals surface area contributed by atoms with Crippen molar-refractivity contribution in [1.82, 2.24) is 5.32 Å². The molecular weight excluding hydrogens is 321 g/mol. The lowest BCUT2D eigenvalue weighted by Gasteiger charge is -2.16. The van der Waals surface area contributed by atoms with Crippen molar-refractivity contribution in [3.05, 3.63) is 33.3 Å². The summed E-state index contributed by atoms with van der Waals surface area (Å²) in [4.78, 5) is 11.7. The van der Waals surface area contributed by atoms with Crippen molar-refractivity contribution in [2.24, 2.45) is 0 Å². The average molecular weight is 335 g/mol. The van der Waals surface area contributed by atoms with E-state index in [1.165, 1.54) is 0 Å². The normalized spacial score (nSPS) is 23.6. The van der Waals surface area contributed by atoms with Crippen LogP contribution in [0, 0.1) is 0 Å². The number of aliphatic hydroxyl groups is 1. The molecule has 0 radical (unpaired) electrons. The molecule has 0 aromatic heterocycles. The van der Waals surface area contributed by atoms with Crippen LogP contribution < -0.4 is 5.32 Å². The Morgan fingerprint density at radius 2 is 2.28 bits per heavy atom. The van der Waals surface area contributed by atoms with Crippen LogP contribution >= 0.6 is 27.5 Å². The fraction of sp³-hybridized carbons (Fsp3) is 0.417. The second-order valence-electron chi connectivity index (χ2n) is 4.21. The molecule has 18 heavy (non-hydrogen) atoms. The van der Waals surface area contributed by atoms with E-state index in [0.29, 0.717) is 5.02 Å². The van der Waals surface area contributed by atoms with E-state index in [2.05, 4.69) is 21.2 Å². The van der Waals surface area contributed by atoms with E-state index in [4.69, 9.17) is 16.3 Å². The SMILES string of the molecule is C[C@@H]1O[C@H]1C(=O)N[C@H](CO)c1cc(Cl)cc(Br)c1. The summed E-state index contributed by atoms with van der Waals surface area (Å²) >= 11 is 9.26. The summed E-state index contributed by atoms with van der Waals surface area (Å²) < 4.78 is 5.88. The summed E-state index contributed by atoms with van der Waals surface area (Å²) in [6.45, 7) is 1.63. The molecule has 0 saturated carbocycles. The summed E-state index contributed by atoms with van der Waals surface area (Å²) in [7, 11) is 0. The highest BCUT2D eigenvalue weighted by atomic mass is 79.9. The topological polar surface area (TPSA) is 61.9 Å². The zero-order valence-electron chi connectivity index (χ0n) is 9.69. The lowest BCUT2D eigenvalue weighted by molar-refractivity contribution is -0.123. The van der Waals surface area contributed by atoms with Gasteiger partial charge in [0.1, 0.15) is 0 Å². The highest BCUT2D eigenvalue weighted by Gasteiger charge is 2.41. The van der Waals surface area contributed by atoms with E-state index in [9.17, 15) is 9.90 Å². The molecule has 1 aliphatic heterocycles. The van der Waals surface area contributed by atoms with Gasteiger partial charge in [-0.05, 0) is 30.7 Å². The summed E-state index contributed by atoms with van der Waals surface area (Å²) in [5, 5.41) is 12.6. The van der Waals surface area contributed by atoms with Crippen molar-refractivity contribution in [2.75, 3.05) is 6.61 Å². The van der Waals surface area contributed by atoms with E-state index < -0.39 is 12.1 Å². The minimum atomic E-state index is -0.483. The molecule has 6 heteroatoms. The Balaban J connectivity index is 2.10. The zero-order valence-corrected chi connectivity index (χ0v) is 12.0. The van der Waals surface area contributed by atoms with Gasteiger partial charge in [-0.15, -0.1) is 0 Å². The quantitative estimate of drug-likeness (QED) is 0.828. The molecule has 0 spiro atoms. The summed E-state index contributed by atoms with van der Waals surface area (Å²) in [5.74, 6) is -0.211. The third-order valence-electron chi connectivity index (χ3n) is 2.76. The fourth-order valence-electron chi connectivity index (χ4n) is 1.73. The molecule has 1 aromatic carbocycles. The molecule has 1 saturated heterocycles. The van der Waals surface area contributed by atoms with Gasteiger partial charge in [0.15, 0.2) is 6.10 Å². The first-order valence-corrected chi connectivity index (χ1v) is 6.71. The Labute approximate surface area is 118 Å². The lowest BCUT2D eigenvalue weighted by atomic mass is 10.1. The van der Waals surface area contributed by atoms with Crippen LogP contribution in [-0.4, -0.2) is 29.8 Å². The molecule has 4 nitrogen and oxygen atoms in total. The van der Waals surface area contributed by atoms with Gasteiger partial charge in [0.05, 0.1) is 18.8 Å². The lowest BCUT2D eigenvalue weighted by Crippen LogP contribution is -2.34. The minimum Gasteiger partial charge on any atom is -0.394 e. The van der Waals surface area contributed by atoms with E-state index in [1.807, 2.05) is 13.0 Å². The van der Waals surface area contributed by atoms with Crippen molar-refractivity contribution in [3.8, 4) is 0 Å². The predicted molar refractivity (Wildman–Crippen MR) is 71.5 cm³/mol. The van der Waals surface area contributed by atoms with Gasteiger partial charge in [0, 0.05) is 9.50 Å². The van der Waals surface area contributed by atoms with Gasteiger partial charge in [-0.25, -0.2) is 0 Å². The van der Waals surface area contributed by atoms with Gasteiger partial charge in [-0.2, -0.15) is 0 Å². The van der Waals surface area contributed by atoms with E-state index in [1.54, 1.807) is 12.1 Å². The van der Waals surface area contributed by atoms with Gasteiger partial charge in [-0.1, -0.05) is 27.5 Å². The number of nitrogens with one attached hydrogen (secondary N) is 1. The number of carbonyl (C=O) groups is 1. The molecule has 1 aliphatic rings. The van der Waals surface area contributed by atoms with Crippen LogP contribution in [-0.2, 0) is 9.53 Å². The second kappa shape index (κ2) is 5.57. The number of aliphatic hydroxyl groups excluding tert-OH is 1. The number of epoxide rings is 1. The predicted octanol–water partition coefficient (Wildman–Crippen LogP) is 2.04. The maximum Gasteiger partial charge on any atom is 0.252 e. The second-order valence-corrected chi connectivity index (χ2v) is 5.56. The van der Waals surface area contributed by atoms with Crippen molar-refractivity contribution in [1.29, 1.82) is 0 Å². The Hall–Kier alpha value is -0.620. The molecule has 1 fully saturated rings. The van der Waals surface area contributed by atoms with Crippen LogP contribution in [0.25, 0.3) is 0 Å². The summed E-state index contributed by atoms with van der Waals surface area (Å²) in [6, 6.07) is 4.78. The third-order valence-corrected chi connectivity index (χ3v) is 3.43. The number of amides is 1. The van der Waals surface area contributed by atoms with Crippen molar-refractivity contribution in [2.45, 2.75) is 25.2 Å². The molecule has 2 rings (SSSR count). The molecule has 1 aromatic rings. The van der Waals surface area contributed by atoms with Crippen LogP contribution in [0.15, 0.2) is 22.7 Å². The first-order chi connectivity index (χ1) is 8.51. The maximum atomic E-state index is 11.7. The van der Waals surface area contributed by atoms with E-state index in [0.717, 1.165) is 10.0 Å². The fourth-order valence-corrected chi connectivity index (χ4v) is 2.61. The van der Waals surface area contributed by atoms with Crippen molar-refractivity contribution >= 4 is 33.4 Å². The number of hydrogen-bond acceptors (Lipinski definition) is 3. The highest BCUT2D eigenvalue weighted by molar-refractivity contribution is 9.10. The number of hydrogen-bond donors (Lipinski definition) is 2. The van der Waals surface area contributed by atoms with Crippen LogP contribution in [0.2, 0.25) is 5.02 Å². The largest absolute Gasteiger partial charge is 0.394 e. The molecule has 1 amide bonds. The highest BCUT2D eigenvalue weighted by Crippen LogP contribution is 2.26. The van der Waals surface area contributed by atoms with E-state index >= 15 is 0 Å².